The monoisotopic (exact) mass is 406 g/mol. The minimum Gasteiger partial charge on any atom is -0.148 e. The fraction of sp³-hybridized carbons (Fsp3) is 0.286. The molecule has 0 nitrogen and oxygen atoms in total. The molecule has 0 saturated heterocycles. The molecule has 1 heterocycles. The zero-order valence-corrected chi connectivity index (χ0v) is 14.4. The van der Waals surface area contributed by atoms with Crippen molar-refractivity contribution in [1.29, 1.82) is 0 Å². The number of halogens is 3. The highest BCUT2D eigenvalue weighted by Gasteiger charge is 2.11. The third kappa shape index (κ3) is 4.37. The van der Waals surface area contributed by atoms with Crippen molar-refractivity contribution in [3.05, 3.63) is 55.1 Å². The lowest BCUT2D eigenvalue weighted by atomic mass is 9.97. The lowest BCUT2D eigenvalue weighted by Crippen LogP contribution is -2.09. The summed E-state index contributed by atoms with van der Waals surface area (Å²) in [4.78, 5) is 1.39. The van der Waals surface area contributed by atoms with Gasteiger partial charge in [-0.15, -0.1) is 22.9 Å². The molecule has 0 saturated carbocycles. The van der Waals surface area contributed by atoms with Crippen LogP contribution in [0.4, 0.5) is 0 Å². The Morgan fingerprint density at radius 3 is 2.33 bits per heavy atom. The zero-order chi connectivity index (χ0) is 13.0. The van der Waals surface area contributed by atoms with Gasteiger partial charge in [0.25, 0.3) is 0 Å². The lowest BCUT2D eigenvalue weighted by molar-refractivity contribution is 0.589. The second-order valence-corrected chi connectivity index (χ2v) is 7.42. The fourth-order valence-corrected chi connectivity index (χ4v) is 3.93. The molecule has 0 fully saturated rings. The standard InChI is InChI=1S/C14H13Br2ClS/c15-12-3-1-10(2-4-12)5-11(8-17)6-14-7-13(16)9-18-14/h1-4,7,9,11H,5-6,8H2. The van der Waals surface area contributed by atoms with E-state index >= 15 is 0 Å². The van der Waals surface area contributed by atoms with Crippen LogP contribution in [0, 0.1) is 5.92 Å². The van der Waals surface area contributed by atoms with E-state index in [0.717, 1.165) is 17.3 Å². The third-order valence-corrected chi connectivity index (χ3v) is 5.45. The van der Waals surface area contributed by atoms with E-state index in [-0.39, 0.29) is 0 Å². The van der Waals surface area contributed by atoms with E-state index in [1.165, 1.54) is 14.9 Å². The first kappa shape index (κ1) is 14.6. The molecule has 1 unspecified atom stereocenters. The molecular formula is C14H13Br2ClS. The summed E-state index contributed by atoms with van der Waals surface area (Å²) in [5, 5.41) is 2.13. The van der Waals surface area contributed by atoms with E-state index in [1.54, 1.807) is 11.3 Å². The highest BCUT2D eigenvalue weighted by Crippen LogP contribution is 2.24. The number of hydrogen-bond donors (Lipinski definition) is 0. The van der Waals surface area contributed by atoms with E-state index in [0.29, 0.717) is 11.8 Å². The van der Waals surface area contributed by atoms with Crippen LogP contribution in [0.3, 0.4) is 0 Å². The van der Waals surface area contributed by atoms with Gasteiger partial charge in [-0.3, -0.25) is 0 Å². The summed E-state index contributed by atoms with van der Waals surface area (Å²) in [6, 6.07) is 10.7. The molecule has 1 aromatic carbocycles. The molecule has 18 heavy (non-hydrogen) atoms. The predicted octanol–water partition coefficient (Wildman–Crippen LogP) is 5.91. The quantitative estimate of drug-likeness (QED) is 0.539. The van der Waals surface area contributed by atoms with Crippen molar-refractivity contribution in [2.45, 2.75) is 12.8 Å². The highest BCUT2D eigenvalue weighted by molar-refractivity contribution is 9.10. The molecule has 2 aromatic rings. The van der Waals surface area contributed by atoms with Crippen molar-refractivity contribution in [3.63, 3.8) is 0 Å². The van der Waals surface area contributed by atoms with Gasteiger partial charge in [-0.1, -0.05) is 28.1 Å². The Kier molecular flexibility index (Phi) is 5.74. The van der Waals surface area contributed by atoms with Gasteiger partial charge in [0.1, 0.15) is 0 Å². The van der Waals surface area contributed by atoms with E-state index in [1.807, 2.05) is 0 Å². The number of alkyl halides is 1. The molecule has 0 radical (unpaired) electrons. The minimum absolute atomic E-state index is 0.499. The van der Waals surface area contributed by atoms with Crippen LogP contribution < -0.4 is 0 Å². The summed E-state index contributed by atoms with van der Waals surface area (Å²) in [6.45, 7) is 0. The van der Waals surface area contributed by atoms with Crippen molar-refractivity contribution in [2.24, 2.45) is 5.92 Å². The van der Waals surface area contributed by atoms with Crippen LogP contribution in [0.2, 0.25) is 0 Å². The predicted molar refractivity (Wildman–Crippen MR) is 87.8 cm³/mol. The normalized spacial score (nSPS) is 12.6. The average molecular weight is 409 g/mol. The first-order valence-corrected chi connectivity index (χ1v) is 8.70. The smallest absolute Gasteiger partial charge is 0.0285 e. The Bertz CT molecular complexity index is 493. The van der Waals surface area contributed by atoms with Crippen molar-refractivity contribution in [1.82, 2.24) is 0 Å². The van der Waals surface area contributed by atoms with E-state index in [9.17, 15) is 0 Å². The van der Waals surface area contributed by atoms with Gasteiger partial charge >= 0.3 is 0 Å². The molecule has 0 amide bonds. The summed E-state index contributed by atoms with van der Waals surface area (Å²) in [5.41, 5.74) is 1.35. The summed E-state index contributed by atoms with van der Waals surface area (Å²) in [7, 11) is 0. The Labute approximate surface area is 134 Å². The number of benzene rings is 1. The van der Waals surface area contributed by atoms with Crippen LogP contribution in [0.1, 0.15) is 10.4 Å². The zero-order valence-electron chi connectivity index (χ0n) is 9.70. The number of hydrogen-bond acceptors (Lipinski definition) is 1. The van der Waals surface area contributed by atoms with Gasteiger partial charge in [-0.2, -0.15) is 0 Å². The summed E-state index contributed by atoms with van der Waals surface area (Å²) in [5.74, 6) is 1.20. The maximum absolute atomic E-state index is 6.09. The summed E-state index contributed by atoms with van der Waals surface area (Å²) >= 11 is 14.8. The van der Waals surface area contributed by atoms with Crippen LogP contribution in [0.5, 0.6) is 0 Å². The molecule has 2 rings (SSSR count). The summed E-state index contributed by atoms with van der Waals surface area (Å²) in [6.07, 6.45) is 2.09. The second-order valence-electron chi connectivity index (χ2n) is 4.29. The lowest BCUT2D eigenvalue weighted by Gasteiger charge is -2.12. The Balaban J connectivity index is 1.99. The van der Waals surface area contributed by atoms with Crippen LogP contribution >= 0.6 is 54.8 Å². The molecule has 4 heteroatoms. The van der Waals surface area contributed by atoms with Gasteiger partial charge in [0.15, 0.2) is 0 Å². The third-order valence-electron chi connectivity index (χ3n) is 2.77. The number of thiophene rings is 1. The molecule has 0 aliphatic rings. The van der Waals surface area contributed by atoms with Crippen LogP contribution in [0.25, 0.3) is 0 Å². The van der Waals surface area contributed by atoms with Crippen molar-refractivity contribution < 1.29 is 0 Å². The largest absolute Gasteiger partial charge is 0.148 e. The van der Waals surface area contributed by atoms with Crippen molar-refractivity contribution in [3.8, 4) is 0 Å². The SMILES string of the molecule is ClCC(Cc1ccc(Br)cc1)Cc1cc(Br)cs1. The molecule has 96 valence electrons. The van der Waals surface area contributed by atoms with Gasteiger partial charge in [-0.25, -0.2) is 0 Å². The van der Waals surface area contributed by atoms with Gasteiger partial charge < -0.3 is 0 Å². The second kappa shape index (κ2) is 7.09. The molecule has 0 aliphatic carbocycles. The molecule has 1 atom stereocenters. The van der Waals surface area contributed by atoms with Crippen molar-refractivity contribution >= 4 is 54.8 Å². The number of rotatable bonds is 5. The fourth-order valence-electron chi connectivity index (χ4n) is 1.88. The van der Waals surface area contributed by atoms with Crippen LogP contribution in [-0.2, 0) is 12.8 Å². The van der Waals surface area contributed by atoms with E-state index in [2.05, 4.69) is 67.6 Å². The van der Waals surface area contributed by atoms with Gasteiger partial charge in [0.05, 0.1) is 0 Å². The Hall–Kier alpha value is 0.170. The van der Waals surface area contributed by atoms with E-state index in [4.69, 9.17) is 11.6 Å². The molecule has 0 spiro atoms. The van der Waals surface area contributed by atoms with Gasteiger partial charge in [0.2, 0.25) is 0 Å². The highest BCUT2D eigenvalue weighted by atomic mass is 79.9. The van der Waals surface area contributed by atoms with Crippen LogP contribution in [-0.4, -0.2) is 5.88 Å². The van der Waals surface area contributed by atoms with Crippen molar-refractivity contribution in [2.75, 3.05) is 5.88 Å². The van der Waals surface area contributed by atoms with Crippen LogP contribution in [0.15, 0.2) is 44.7 Å². The Morgan fingerprint density at radius 1 is 1.06 bits per heavy atom. The molecule has 0 aliphatic heterocycles. The molecular weight excluding hydrogens is 395 g/mol. The molecule has 1 aromatic heterocycles. The first-order valence-electron chi connectivity index (χ1n) is 5.70. The first-order chi connectivity index (χ1) is 8.67. The maximum atomic E-state index is 6.09. The van der Waals surface area contributed by atoms with E-state index < -0.39 is 0 Å². The topological polar surface area (TPSA) is 0 Å². The maximum Gasteiger partial charge on any atom is 0.0285 e. The van der Waals surface area contributed by atoms with Gasteiger partial charge in [-0.05, 0) is 58.5 Å². The summed E-state index contributed by atoms with van der Waals surface area (Å²) < 4.78 is 2.29. The molecule has 0 bridgehead atoms. The Morgan fingerprint density at radius 2 is 1.78 bits per heavy atom. The minimum atomic E-state index is 0.499. The van der Waals surface area contributed by atoms with Gasteiger partial charge in [0, 0.05) is 25.1 Å². The average Bonchev–Trinajstić information content (AvgIpc) is 2.77. The molecule has 0 N–H and O–H groups in total.